The van der Waals surface area contributed by atoms with Crippen molar-refractivity contribution < 1.29 is 19.0 Å². The molecular weight excluding hydrogens is 358 g/mol. The van der Waals surface area contributed by atoms with Crippen molar-refractivity contribution >= 4 is 11.7 Å². The molecule has 28 heavy (non-hydrogen) atoms. The minimum absolute atomic E-state index is 0.276. The lowest BCUT2D eigenvalue weighted by Crippen LogP contribution is -2.20. The second kappa shape index (κ2) is 9.38. The molecule has 3 rings (SSSR count). The van der Waals surface area contributed by atoms with E-state index in [9.17, 15) is 4.79 Å². The third-order valence-electron chi connectivity index (χ3n) is 3.90. The highest BCUT2D eigenvalue weighted by molar-refractivity contribution is 5.89. The number of benzene rings is 2. The summed E-state index contributed by atoms with van der Waals surface area (Å²) in [5.41, 5.74) is 8.63. The number of ether oxygens (including phenoxy) is 3. The average Bonchev–Trinajstić information content (AvgIpc) is 2.75. The molecule has 0 aliphatic heterocycles. The fraction of sp³-hybridized carbons (Fsp3) is 0.143. The number of nitrogens with one attached hydrogen (secondary N) is 2. The Morgan fingerprint density at radius 3 is 2.57 bits per heavy atom. The fourth-order valence-electron chi connectivity index (χ4n) is 2.50. The Morgan fingerprint density at radius 1 is 1.00 bits per heavy atom. The Labute approximate surface area is 163 Å². The summed E-state index contributed by atoms with van der Waals surface area (Å²) in [5.74, 6) is 0.880. The molecule has 0 saturated carbocycles. The molecule has 0 aliphatic rings. The highest BCUT2D eigenvalue weighted by atomic mass is 16.5. The number of hydrogen-bond donors (Lipinski definition) is 2. The van der Waals surface area contributed by atoms with Crippen LogP contribution in [-0.4, -0.2) is 25.2 Å². The molecule has 2 aromatic carbocycles. The Bertz CT molecular complexity index is 932. The van der Waals surface area contributed by atoms with Gasteiger partial charge in [0.1, 0.15) is 0 Å². The van der Waals surface area contributed by atoms with Crippen LogP contribution >= 0.6 is 0 Å². The standard InChI is InChI=1S/C21H21N3O4/c1-26-19-12-15(14-23-24-17-6-4-3-5-7-17)8-9-18(19)28-20-13-16(10-11-22-20)21(25)27-2/h3-13,23-24H,14H2,1-2H3. The van der Waals surface area contributed by atoms with Crippen LogP contribution in [0.4, 0.5) is 5.69 Å². The van der Waals surface area contributed by atoms with Gasteiger partial charge in [0.2, 0.25) is 5.88 Å². The zero-order valence-electron chi connectivity index (χ0n) is 15.6. The van der Waals surface area contributed by atoms with Gasteiger partial charge in [0, 0.05) is 24.5 Å². The maximum absolute atomic E-state index is 11.6. The molecule has 0 radical (unpaired) electrons. The van der Waals surface area contributed by atoms with Crippen molar-refractivity contribution in [2.45, 2.75) is 6.54 Å². The highest BCUT2D eigenvalue weighted by Crippen LogP contribution is 2.31. The van der Waals surface area contributed by atoms with Crippen LogP contribution in [0.5, 0.6) is 17.4 Å². The molecule has 1 aromatic heterocycles. The summed E-state index contributed by atoms with van der Waals surface area (Å²) >= 11 is 0. The van der Waals surface area contributed by atoms with Crippen LogP contribution in [0.15, 0.2) is 66.9 Å². The summed E-state index contributed by atoms with van der Waals surface area (Å²) in [4.78, 5) is 15.8. The van der Waals surface area contributed by atoms with Crippen LogP contribution in [0.3, 0.4) is 0 Å². The molecule has 0 fully saturated rings. The number of carbonyl (C=O) groups excluding carboxylic acids is 1. The van der Waals surface area contributed by atoms with Gasteiger partial charge in [-0.05, 0) is 35.9 Å². The highest BCUT2D eigenvalue weighted by Gasteiger charge is 2.11. The van der Waals surface area contributed by atoms with Crippen LogP contribution in [0.1, 0.15) is 15.9 Å². The van der Waals surface area contributed by atoms with Crippen LogP contribution in [-0.2, 0) is 11.3 Å². The largest absolute Gasteiger partial charge is 0.493 e. The van der Waals surface area contributed by atoms with Gasteiger partial charge in [-0.1, -0.05) is 24.3 Å². The first-order chi connectivity index (χ1) is 13.7. The number of anilines is 1. The first kappa shape index (κ1) is 19.2. The van der Waals surface area contributed by atoms with Gasteiger partial charge >= 0.3 is 5.97 Å². The van der Waals surface area contributed by atoms with Crippen LogP contribution in [0.2, 0.25) is 0 Å². The second-order valence-electron chi connectivity index (χ2n) is 5.81. The smallest absolute Gasteiger partial charge is 0.338 e. The average molecular weight is 379 g/mol. The third kappa shape index (κ3) is 4.99. The van der Waals surface area contributed by atoms with E-state index in [1.54, 1.807) is 19.2 Å². The van der Waals surface area contributed by atoms with Gasteiger partial charge < -0.3 is 19.6 Å². The van der Waals surface area contributed by atoms with Crippen molar-refractivity contribution in [1.29, 1.82) is 0 Å². The monoisotopic (exact) mass is 379 g/mol. The summed E-state index contributed by atoms with van der Waals surface area (Å²) in [6.07, 6.45) is 1.49. The van der Waals surface area contributed by atoms with Crippen LogP contribution in [0, 0.1) is 0 Å². The molecular formula is C21H21N3O4. The normalized spacial score (nSPS) is 10.2. The molecule has 0 amide bonds. The Balaban J connectivity index is 1.67. The fourth-order valence-corrected chi connectivity index (χ4v) is 2.50. The van der Waals surface area contributed by atoms with Crippen LogP contribution in [0.25, 0.3) is 0 Å². The van der Waals surface area contributed by atoms with Crippen molar-refractivity contribution in [1.82, 2.24) is 10.4 Å². The van der Waals surface area contributed by atoms with Crippen molar-refractivity contribution in [3.63, 3.8) is 0 Å². The van der Waals surface area contributed by atoms with E-state index in [1.165, 1.54) is 19.4 Å². The van der Waals surface area contributed by atoms with Crippen LogP contribution < -0.4 is 20.3 Å². The molecule has 1 heterocycles. The van der Waals surface area contributed by atoms with E-state index in [0.717, 1.165) is 11.3 Å². The predicted octanol–water partition coefficient (Wildman–Crippen LogP) is 3.79. The number of aromatic nitrogens is 1. The van der Waals surface area contributed by atoms with Gasteiger partial charge in [-0.25, -0.2) is 15.2 Å². The Kier molecular flexibility index (Phi) is 6.43. The molecule has 0 saturated heterocycles. The number of nitrogens with zero attached hydrogens (tertiary/aromatic N) is 1. The number of para-hydroxylation sites is 1. The summed E-state index contributed by atoms with van der Waals surface area (Å²) in [6.45, 7) is 0.585. The van der Waals surface area contributed by atoms with E-state index in [2.05, 4.69) is 15.8 Å². The van der Waals surface area contributed by atoms with Gasteiger partial charge in [0.05, 0.1) is 19.8 Å². The van der Waals surface area contributed by atoms with E-state index < -0.39 is 5.97 Å². The molecule has 0 unspecified atom stereocenters. The minimum Gasteiger partial charge on any atom is -0.493 e. The molecule has 3 aromatic rings. The quantitative estimate of drug-likeness (QED) is 0.455. The van der Waals surface area contributed by atoms with E-state index in [0.29, 0.717) is 23.6 Å². The van der Waals surface area contributed by atoms with Gasteiger partial charge in [0.25, 0.3) is 0 Å². The molecule has 7 heteroatoms. The number of hydrazine groups is 1. The lowest BCUT2D eigenvalue weighted by Gasteiger charge is -2.13. The SMILES string of the molecule is COC(=O)c1ccnc(Oc2ccc(CNNc3ccccc3)cc2OC)c1. The van der Waals surface area contributed by atoms with Crippen molar-refractivity contribution in [3.8, 4) is 17.4 Å². The summed E-state index contributed by atoms with van der Waals surface area (Å²) in [5, 5.41) is 0. The first-order valence-corrected chi connectivity index (χ1v) is 8.62. The summed E-state index contributed by atoms with van der Waals surface area (Å²) in [6, 6.07) is 18.5. The number of hydrogen-bond acceptors (Lipinski definition) is 7. The van der Waals surface area contributed by atoms with E-state index >= 15 is 0 Å². The predicted molar refractivity (Wildman–Crippen MR) is 106 cm³/mol. The molecule has 0 bridgehead atoms. The topological polar surface area (TPSA) is 81.7 Å². The molecule has 7 nitrogen and oxygen atoms in total. The Hall–Kier alpha value is -3.58. The van der Waals surface area contributed by atoms with Gasteiger partial charge in [-0.15, -0.1) is 0 Å². The number of carbonyl (C=O) groups is 1. The number of methoxy groups -OCH3 is 2. The summed E-state index contributed by atoms with van der Waals surface area (Å²) < 4.78 is 15.9. The van der Waals surface area contributed by atoms with Crippen molar-refractivity contribution in [2.24, 2.45) is 0 Å². The molecule has 0 spiro atoms. The first-order valence-electron chi connectivity index (χ1n) is 8.62. The van der Waals surface area contributed by atoms with Gasteiger partial charge in [-0.2, -0.15) is 0 Å². The third-order valence-corrected chi connectivity index (χ3v) is 3.90. The Morgan fingerprint density at radius 2 is 1.82 bits per heavy atom. The number of rotatable bonds is 8. The molecule has 144 valence electrons. The number of pyridine rings is 1. The minimum atomic E-state index is -0.452. The molecule has 0 atom stereocenters. The molecule has 2 N–H and O–H groups in total. The molecule has 0 aliphatic carbocycles. The van der Waals surface area contributed by atoms with Crippen molar-refractivity contribution in [3.05, 3.63) is 78.0 Å². The summed E-state index contributed by atoms with van der Waals surface area (Å²) in [7, 11) is 2.89. The van der Waals surface area contributed by atoms with Gasteiger partial charge in [0.15, 0.2) is 11.5 Å². The lowest BCUT2D eigenvalue weighted by atomic mass is 10.2. The second-order valence-corrected chi connectivity index (χ2v) is 5.81. The van der Waals surface area contributed by atoms with Gasteiger partial charge in [-0.3, -0.25) is 0 Å². The maximum atomic E-state index is 11.6. The van der Waals surface area contributed by atoms with Crippen molar-refractivity contribution in [2.75, 3.05) is 19.6 Å². The van der Waals surface area contributed by atoms with E-state index in [4.69, 9.17) is 14.2 Å². The number of esters is 1. The zero-order chi connectivity index (χ0) is 19.8. The maximum Gasteiger partial charge on any atom is 0.338 e. The zero-order valence-corrected chi connectivity index (χ0v) is 15.6. The van der Waals surface area contributed by atoms with E-state index in [1.807, 2.05) is 42.5 Å². The van der Waals surface area contributed by atoms with E-state index in [-0.39, 0.29) is 5.88 Å². The lowest BCUT2D eigenvalue weighted by molar-refractivity contribution is 0.0600.